The summed E-state index contributed by atoms with van der Waals surface area (Å²) in [6, 6.07) is -0.658. The average molecular weight is 260 g/mol. The van der Waals surface area contributed by atoms with Gasteiger partial charge in [0.1, 0.15) is 5.60 Å². The van der Waals surface area contributed by atoms with Crippen LogP contribution in [0, 0.1) is 10.1 Å². The zero-order valence-corrected chi connectivity index (χ0v) is 9.74. The van der Waals surface area contributed by atoms with Gasteiger partial charge < -0.3 is 21.3 Å². The minimum atomic E-state index is -1.43. The first kappa shape index (κ1) is 14.0. The molecule has 0 aromatic heterocycles. The van der Waals surface area contributed by atoms with Crippen LogP contribution in [0.3, 0.4) is 0 Å². The second-order valence-electron chi connectivity index (χ2n) is 4.31. The third kappa shape index (κ3) is 3.75. The van der Waals surface area contributed by atoms with Gasteiger partial charge in [-0.05, 0) is 12.8 Å². The van der Waals surface area contributed by atoms with E-state index in [0.29, 0.717) is 0 Å². The summed E-state index contributed by atoms with van der Waals surface area (Å²) in [5.41, 5.74) is 9.33. The van der Waals surface area contributed by atoms with Crippen molar-refractivity contribution in [2.75, 3.05) is 6.54 Å². The van der Waals surface area contributed by atoms with Crippen LogP contribution < -0.4 is 11.5 Å². The first-order chi connectivity index (χ1) is 8.34. The van der Waals surface area contributed by atoms with Gasteiger partial charge in [0.15, 0.2) is 5.96 Å². The molecular formula is C9H16N4O5. The van der Waals surface area contributed by atoms with Gasteiger partial charge in [0.05, 0.1) is 6.54 Å². The second kappa shape index (κ2) is 5.52. The Morgan fingerprint density at radius 3 is 2.44 bits per heavy atom. The summed E-state index contributed by atoms with van der Waals surface area (Å²) in [4.78, 5) is 24.7. The molecule has 0 aliphatic heterocycles. The molecule has 0 unspecified atom stereocenters. The van der Waals surface area contributed by atoms with Gasteiger partial charge >= 0.3 is 6.16 Å². The van der Waals surface area contributed by atoms with Gasteiger partial charge in [-0.1, -0.05) is 0 Å². The fourth-order valence-corrected chi connectivity index (χ4v) is 2.05. The standard InChI is InChI=1S/C9H16N4O5/c10-7(11)12-5-9(18-8(14)15)3-1-6(2-4-9)13(16)17/h6H,1-5H2,(H,14,15)(H4,10,11,12). The van der Waals surface area contributed by atoms with Crippen LogP contribution in [0.1, 0.15) is 25.7 Å². The summed E-state index contributed by atoms with van der Waals surface area (Å²) < 4.78 is 4.83. The van der Waals surface area contributed by atoms with Crippen molar-refractivity contribution in [3.8, 4) is 0 Å². The Labute approximate surface area is 103 Å². The number of aliphatic imine (C=N–C) groups is 1. The van der Waals surface area contributed by atoms with Crippen molar-refractivity contribution in [3.05, 3.63) is 10.1 Å². The van der Waals surface area contributed by atoms with E-state index in [1.54, 1.807) is 0 Å². The van der Waals surface area contributed by atoms with E-state index in [9.17, 15) is 14.9 Å². The van der Waals surface area contributed by atoms with Crippen molar-refractivity contribution >= 4 is 12.1 Å². The highest BCUT2D eigenvalue weighted by Gasteiger charge is 2.42. The normalized spacial score (nSPS) is 27.2. The molecule has 0 aromatic rings. The lowest BCUT2D eigenvalue weighted by molar-refractivity contribution is -0.528. The minimum Gasteiger partial charge on any atom is -0.450 e. The van der Waals surface area contributed by atoms with Crippen molar-refractivity contribution in [1.82, 2.24) is 0 Å². The molecular weight excluding hydrogens is 244 g/mol. The molecule has 0 heterocycles. The lowest BCUT2D eigenvalue weighted by atomic mass is 9.82. The largest absolute Gasteiger partial charge is 0.506 e. The molecule has 1 aliphatic carbocycles. The molecule has 1 aliphatic rings. The first-order valence-corrected chi connectivity index (χ1v) is 5.45. The van der Waals surface area contributed by atoms with Crippen molar-refractivity contribution in [2.24, 2.45) is 16.5 Å². The zero-order chi connectivity index (χ0) is 13.8. The molecule has 1 rings (SSSR count). The van der Waals surface area contributed by atoms with E-state index in [1.807, 2.05) is 0 Å². The molecule has 0 amide bonds. The fourth-order valence-electron chi connectivity index (χ4n) is 2.05. The number of hydrogen-bond acceptors (Lipinski definition) is 5. The summed E-state index contributed by atoms with van der Waals surface area (Å²) in [7, 11) is 0. The third-order valence-corrected chi connectivity index (χ3v) is 3.02. The molecule has 9 heteroatoms. The van der Waals surface area contributed by atoms with Crippen LogP contribution in [0.4, 0.5) is 4.79 Å². The van der Waals surface area contributed by atoms with Crippen molar-refractivity contribution in [1.29, 1.82) is 0 Å². The minimum absolute atomic E-state index is 0.00787. The van der Waals surface area contributed by atoms with E-state index < -0.39 is 17.8 Å². The Hall–Kier alpha value is -2.06. The number of nitro groups is 1. The number of ether oxygens (including phenoxy) is 1. The molecule has 1 fully saturated rings. The smallest absolute Gasteiger partial charge is 0.450 e. The van der Waals surface area contributed by atoms with Gasteiger partial charge in [-0.25, -0.2) is 9.79 Å². The van der Waals surface area contributed by atoms with E-state index in [0.717, 1.165) is 0 Å². The summed E-state index contributed by atoms with van der Waals surface area (Å²) >= 11 is 0. The molecule has 0 radical (unpaired) electrons. The summed E-state index contributed by atoms with van der Waals surface area (Å²) in [6.07, 6.45) is -0.454. The molecule has 102 valence electrons. The lowest BCUT2D eigenvalue weighted by Gasteiger charge is -2.35. The third-order valence-electron chi connectivity index (χ3n) is 3.02. The topological polar surface area (TPSA) is 154 Å². The number of rotatable bonds is 4. The van der Waals surface area contributed by atoms with Crippen molar-refractivity contribution in [2.45, 2.75) is 37.3 Å². The molecule has 1 saturated carbocycles. The molecule has 0 spiro atoms. The molecule has 18 heavy (non-hydrogen) atoms. The van der Waals surface area contributed by atoms with E-state index in [2.05, 4.69) is 4.99 Å². The quantitative estimate of drug-likeness (QED) is 0.210. The number of nitrogens with zero attached hydrogens (tertiary/aromatic N) is 2. The van der Waals surface area contributed by atoms with Crippen LogP contribution in [0.5, 0.6) is 0 Å². The van der Waals surface area contributed by atoms with Gasteiger partial charge in [-0.15, -0.1) is 0 Å². The summed E-state index contributed by atoms with van der Waals surface area (Å²) in [5, 5.41) is 19.3. The van der Waals surface area contributed by atoms with E-state index >= 15 is 0 Å². The maximum atomic E-state index is 10.7. The Bertz CT molecular complexity index is 358. The maximum absolute atomic E-state index is 10.7. The average Bonchev–Trinajstić information content (AvgIpc) is 2.26. The van der Waals surface area contributed by atoms with Gasteiger partial charge in [0.2, 0.25) is 6.04 Å². The molecule has 0 bridgehead atoms. The number of carbonyl (C=O) groups is 1. The van der Waals surface area contributed by atoms with E-state index in [1.165, 1.54) is 0 Å². The van der Waals surface area contributed by atoms with Crippen LogP contribution in [0.2, 0.25) is 0 Å². The van der Waals surface area contributed by atoms with Crippen LogP contribution >= 0.6 is 0 Å². The summed E-state index contributed by atoms with van der Waals surface area (Å²) in [6.45, 7) is -0.00787. The van der Waals surface area contributed by atoms with E-state index in [4.69, 9.17) is 21.3 Å². The molecule has 9 nitrogen and oxygen atoms in total. The van der Waals surface area contributed by atoms with Gasteiger partial charge in [-0.2, -0.15) is 0 Å². The first-order valence-electron chi connectivity index (χ1n) is 5.45. The monoisotopic (exact) mass is 260 g/mol. The van der Waals surface area contributed by atoms with Crippen LogP contribution in [-0.2, 0) is 4.74 Å². The SMILES string of the molecule is NC(N)=NCC1(OC(=O)O)CCC([N+](=O)[O-])CC1. The van der Waals surface area contributed by atoms with Crippen LogP contribution in [-0.4, -0.2) is 40.3 Å². The predicted molar refractivity (Wildman–Crippen MR) is 61.8 cm³/mol. The highest BCUT2D eigenvalue weighted by Crippen LogP contribution is 2.33. The fraction of sp³-hybridized carbons (Fsp3) is 0.778. The zero-order valence-electron chi connectivity index (χ0n) is 9.74. The number of carboxylic acid groups (broad SMARTS) is 1. The number of hydrogen-bond donors (Lipinski definition) is 3. The number of guanidine groups is 1. The van der Waals surface area contributed by atoms with Gasteiger partial charge in [0, 0.05) is 17.8 Å². The van der Waals surface area contributed by atoms with Gasteiger partial charge in [0.25, 0.3) is 0 Å². The maximum Gasteiger partial charge on any atom is 0.506 e. The molecule has 0 aromatic carbocycles. The predicted octanol–water partition coefficient (Wildman–Crippen LogP) is -0.0875. The van der Waals surface area contributed by atoms with Gasteiger partial charge in [-0.3, -0.25) is 10.1 Å². The van der Waals surface area contributed by atoms with Crippen LogP contribution in [0.25, 0.3) is 0 Å². The van der Waals surface area contributed by atoms with E-state index in [-0.39, 0.29) is 43.1 Å². The summed E-state index contributed by atoms with van der Waals surface area (Å²) in [5.74, 6) is -0.167. The number of nitrogens with two attached hydrogens (primary N) is 2. The molecule has 5 N–H and O–H groups in total. The molecule has 0 saturated heterocycles. The second-order valence-corrected chi connectivity index (χ2v) is 4.31. The van der Waals surface area contributed by atoms with Crippen molar-refractivity contribution < 1.29 is 19.6 Å². The molecule has 0 atom stereocenters. The van der Waals surface area contributed by atoms with Crippen LogP contribution in [0.15, 0.2) is 4.99 Å². The highest BCUT2D eigenvalue weighted by atomic mass is 16.7. The van der Waals surface area contributed by atoms with Crippen molar-refractivity contribution in [3.63, 3.8) is 0 Å². The Morgan fingerprint density at radius 2 is 2.06 bits per heavy atom. The Balaban J connectivity index is 2.72. The lowest BCUT2D eigenvalue weighted by Crippen LogP contribution is -2.45. The Morgan fingerprint density at radius 1 is 1.50 bits per heavy atom. The highest BCUT2D eigenvalue weighted by molar-refractivity contribution is 5.75. The Kier molecular flexibility index (Phi) is 4.29.